The zero-order valence-electron chi connectivity index (χ0n) is 13.4. The van der Waals surface area contributed by atoms with Crippen LogP contribution in [0.1, 0.15) is 12.8 Å². The average Bonchev–Trinajstić information content (AvgIpc) is 3.09. The van der Waals surface area contributed by atoms with E-state index in [4.69, 9.17) is 0 Å². The molecular weight excluding hydrogens is 348 g/mol. The lowest BCUT2D eigenvalue weighted by Crippen LogP contribution is -2.30. The largest absolute Gasteiger partial charge is 0.346 e. The minimum atomic E-state index is -3.37. The van der Waals surface area contributed by atoms with E-state index < -0.39 is 19.9 Å². The number of aromatic nitrogens is 1. The Morgan fingerprint density at radius 1 is 1.21 bits per heavy atom. The summed E-state index contributed by atoms with van der Waals surface area (Å²) in [5, 5.41) is 1.13. The van der Waals surface area contributed by atoms with Crippen LogP contribution in [0.5, 0.6) is 0 Å². The van der Waals surface area contributed by atoms with Gasteiger partial charge in [-0.15, -0.1) is 0 Å². The summed E-state index contributed by atoms with van der Waals surface area (Å²) >= 11 is 0. The van der Waals surface area contributed by atoms with Crippen molar-refractivity contribution in [1.29, 1.82) is 0 Å². The number of para-hydroxylation sites is 1. The molecule has 0 bridgehead atoms. The van der Waals surface area contributed by atoms with Crippen molar-refractivity contribution in [2.75, 3.05) is 23.8 Å². The van der Waals surface area contributed by atoms with Crippen LogP contribution in [0.25, 0.3) is 10.9 Å². The molecule has 1 atom stereocenters. The molecule has 0 aliphatic carbocycles. The molecule has 132 valence electrons. The van der Waals surface area contributed by atoms with E-state index in [0.717, 1.165) is 10.9 Å². The lowest BCUT2D eigenvalue weighted by Gasteiger charge is -2.10. The maximum absolute atomic E-state index is 12.1. The molecular formula is C16H22N2O4S2. The Morgan fingerprint density at radius 3 is 2.75 bits per heavy atom. The van der Waals surface area contributed by atoms with Gasteiger partial charge in [0.2, 0.25) is 10.0 Å². The van der Waals surface area contributed by atoms with Crippen LogP contribution in [0.3, 0.4) is 0 Å². The summed E-state index contributed by atoms with van der Waals surface area (Å²) in [7, 11) is -6.32. The molecule has 1 aliphatic rings. The summed E-state index contributed by atoms with van der Waals surface area (Å²) in [5.41, 5.74) is 1.08. The summed E-state index contributed by atoms with van der Waals surface area (Å²) in [6.45, 7) is 0.883. The summed E-state index contributed by atoms with van der Waals surface area (Å²) in [6, 6.07) is 9.96. The smallest absolute Gasteiger partial charge is 0.211 e. The van der Waals surface area contributed by atoms with Crippen molar-refractivity contribution in [2.45, 2.75) is 19.4 Å². The first kappa shape index (κ1) is 17.4. The van der Waals surface area contributed by atoms with Crippen molar-refractivity contribution in [1.82, 2.24) is 9.29 Å². The normalized spacial score (nSPS) is 20.6. The number of benzene rings is 1. The van der Waals surface area contributed by atoms with Crippen molar-refractivity contribution in [2.24, 2.45) is 5.92 Å². The second-order valence-electron chi connectivity index (χ2n) is 6.34. The number of sulfonamides is 1. The van der Waals surface area contributed by atoms with Crippen LogP contribution in [0, 0.1) is 5.92 Å². The van der Waals surface area contributed by atoms with Gasteiger partial charge in [-0.25, -0.2) is 21.6 Å². The lowest BCUT2D eigenvalue weighted by molar-refractivity contribution is 0.541. The molecule has 3 rings (SSSR count). The molecule has 1 N–H and O–H groups in total. The van der Waals surface area contributed by atoms with E-state index in [9.17, 15) is 16.8 Å². The maximum Gasteiger partial charge on any atom is 0.211 e. The standard InChI is InChI=1S/C16H22N2O4S2/c19-23(20)11-6-14(13-23)7-12-24(21,22)17-8-10-18-9-5-15-3-1-2-4-16(15)18/h1-5,9,14,17H,6-8,10-13H2. The second-order valence-corrected chi connectivity index (χ2v) is 10.5. The van der Waals surface area contributed by atoms with Crippen LogP contribution in [-0.4, -0.2) is 45.2 Å². The van der Waals surface area contributed by atoms with E-state index in [1.807, 2.05) is 41.1 Å². The SMILES string of the molecule is O=S1(=O)CCC(CCS(=O)(=O)NCCn2ccc3ccccc32)C1. The van der Waals surface area contributed by atoms with E-state index in [-0.39, 0.29) is 23.2 Å². The summed E-state index contributed by atoms with van der Waals surface area (Å²) in [4.78, 5) is 0. The molecule has 2 heterocycles. The first-order chi connectivity index (χ1) is 11.3. The highest BCUT2D eigenvalue weighted by molar-refractivity contribution is 7.91. The lowest BCUT2D eigenvalue weighted by atomic mass is 10.1. The fourth-order valence-corrected chi connectivity index (χ4v) is 6.25. The van der Waals surface area contributed by atoms with Gasteiger partial charge in [-0.2, -0.15) is 0 Å². The van der Waals surface area contributed by atoms with Gasteiger partial charge in [-0.1, -0.05) is 18.2 Å². The van der Waals surface area contributed by atoms with Crippen LogP contribution >= 0.6 is 0 Å². The second kappa shape index (κ2) is 6.85. The molecule has 8 heteroatoms. The van der Waals surface area contributed by atoms with Crippen LogP contribution < -0.4 is 4.72 Å². The third-order valence-corrected chi connectivity index (χ3v) is 7.73. The predicted molar refractivity (Wildman–Crippen MR) is 95.1 cm³/mol. The number of sulfone groups is 1. The minimum absolute atomic E-state index is 0.0143. The molecule has 1 aliphatic heterocycles. The molecule has 6 nitrogen and oxygen atoms in total. The highest BCUT2D eigenvalue weighted by Gasteiger charge is 2.28. The Hall–Kier alpha value is -1.38. The number of rotatable bonds is 7. The fraction of sp³-hybridized carbons (Fsp3) is 0.500. The van der Waals surface area contributed by atoms with Crippen molar-refractivity contribution >= 4 is 30.8 Å². The first-order valence-electron chi connectivity index (χ1n) is 8.06. The third-order valence-electron chi connectivity index (χ3n) is 4.48. The molecule has 0 amide bonds. The van der Waals surface area contributed by atoms with Crippen LogP contribution in [0.2, 0.25) is 0 Å². The Balaban J connectivity index is 1.48. The van der Waals surface area contributed by atoms with E-state index in [0.29, 0.717) is 25.9 Å². The van der Waals surface area contributed by atoms with Gasteiger partial charge in [-0.3, -0.25) is 0 Å². The van der Waals surface area contributed by atoms with E-state index in [1.54, 1.807) is 0 Å². The molecule has 1 unspecified atom stereocenters. The van der Waals surface area contributed by atoms with Gasteiger partial charge in [0.25, 0.3) is 0 Å². The number of hydrogen-bond donors (Lipinski definition) is 1. The summed E-state index contributed by atoms with van der Waals surface area (Å²) < 4.78 is 51.6. The van der Waals surface area contributed by atoms with Gasteiger partial charge in [0, 0.05) is 24.8 Å². The average molecular weight is 370 g/mol. The first-order valence-corrected chi connectivity index (χ1v) is 11.5. The van der Waals surface area contributed by atoms with Gasteiger partial charge in [0.1, 0.15) is 0 Å². The van der Waals surface area contributed by atoms with E-state index >= 15 is 0 Å². The molecule has 1 aromatic heterocycles. The van der Waals surface area contributed by atoms with Crippen molar-refractivity contribution < 1.29 is 16.8 Å². The number of fused-ring (bicyclic) bond motifs is 1. The van der Waals surface area contributed by atoms with E-state index in [1.165, 1.54) is 0 Å². The maximum atomic E-state index is 12.1. The summed E-state index contributed by atoms with van der Waals surface area (Å²) in [6.07, 6.45) is 2.93. The minimum Gasteiger partial charge on any atom is -0.346 e. The van der Waals surface area contributed by atoms with Crippen molar-refractivity contribution in [3.05, 3.63) is 36.5 Å². The molecule has 1 saturated heterocycles. The third kappa shape index (κ3) is 4.37. The van der Waals surface area contributed by atoms with Gasteiger partial charge in [0.15, 0.2) is 9.84 Å². The molecule has 0 saturated carbocycles. The number of nitrogens with one attached hydrogen (secondary N) is 1. The fourth-order valence-electron chi connectivity index (χ4n) is 3.15. The van der Waals surface area contributed by atoms with Crippen LogP contribution in [0.15, 0.2) is 36.5 Å². The predicted octanol–water partition coefficient (Wildman–Crippen LogP) is 1.39. The van der Waals surface area contributed by atoms with E-state index in [2.05, 4.69) is 4.72 Å². The number of hydrogen-bond acceptors (Lipinski definition) is 4. The molecule has 0 spiro atoms. The zero-order valence-corrected chi connectivity index (χ0v) is 15.0. The van der Waals surface area contributed by atoms with Crippen molar-refractivity contribution in [3.8, 4) is 0 Å². The molecule has 0 radical (unpaired) electrons. The Bertz CT molecular complexity index is 916. The topological polar surface area (TPSA) is 85.2 Å². The zero-order chi connectivity index (χ0) is 17.2. The van der Waals surface area contributed by atoms with Gasteiger partial charge in [-0.05, 0) is 36.3 Å². The molecule has 24 heavy (non-hydrogen) atoms. The molecule has 1 fully saturated rings. The monoisotopic (exact) mass is 370 g/mol. The molecule has 1 aromatic carbocycles. The van der Waals surface area contributed by atoms with Gasteiger partial charge in [0.05, 0.1) is 17.3 Å². The van der Waals surface area contributed by atoms with Crippen LogP contribution in [0.4, 0.5) is 0 Å². The Labute approximate surface area is 142 Å². The Morgan fingerprint density at radius 2 is 2.00 bits per heavy atom. The quantitative estimate of drug-likeness (QED) is 0.798. The summed E-state index contributed by atoms with van der Waals surface area (Å²) in [5.74, 6) is 0.267. The van der Waals surface area contributed by atoms with Crippen molar-refractivity contribution in [3.63, 3.8) is 0 Å². The Kier molecular flexibility index (Phi) is 4.98. The highest BCUT2D eigenvalue weighted by atomic mass is 32.2. The highest BCUT2D eigenvalue weighted by Crippen LogP contribution is 2.22. The number of nitrogens with zero attached hydrogens (tertiary/aromatic N) is 1. The van der Waals surface area contributed by atoms with Gasteiger partial charge < -0.3 is 4.57 Å². The van der Waals surface area contributed by atoms with Gasteiger partial charge >= 0.3 is 0 Å². The van der Waals surface area contributed by atoms with Crippen LogP contribution in [-0.2, 0) is 26.4 Å². The molecule has 2 aromatic rings.